The minimum Gasteiger partial charge on any atom is -0.403 e. The molecule has 0 aliphatic heterocycles. The minimum absolute atomic E-state index is 0.0655. The monoisotopic (exact) mass is 365 g/mol. The average Bonchev–Trinajstić information content (AvgIpc) is 2.62. The van der Waals surface area contributed by atoms with Crippen LogP contribution in [-0.2, 0) is 6.54 Å². The highest BCUT2D eigenvalue weighted by Gasteiger charge is 2.08. The van der Waals surface area contributed by atoms with Crippen LogP contribution < -0.4 is 16.4 Å². The average molecular weight is 366 g/mol. The van der Waals surface area contributed by atoms with E-state index in [1.165, 1.54) is 36.9 Å². The van der Waals surface area contributed by atoms with Crippen molar-refractivity contribution in [2.75, 3.05) is 23.8 Å². The molecule has 132 valence electrons. The maximum atomic E-state index is 13.6. The van der Waals surface area contributed by atoms with E-state index in [9.17, 15) is 4.39 Å². The van der Waals surface area contributed by atoms with Crippen LogP contribution in [0.2, 0.25) is 5.02 Å². The number of rotatable bonds is 8. The highest BCUT2D eigenvalue weighted by atomic mass is 35.5. The SMILES string of the molecule is NC=C(C=NCCO)Nc1ncc(Cl)c(NCc2ncccc2F)n1. The maximum Gasteiger partial charge on any atom is 0.229 e. The molecule has 0 fully saturated rings. The van der Waals surface area contributed by atoms with Gasteiger partial charge in [-0.1, -0.05) is 11.6 Å². The summed E-state index contributed by atoms with van der Waals surface area (Å²) >= 11 is 6.05. The molecule has 8 nitrogen and oxygen atoms in total. The van der Waals surface area contributed by atoms with Gasteiger partial charge in [0.05, 0.1) is 37.3 Å². The van der Waals surface area contributed by atoms with E-state index in [1.807, 2.05) is 0 Å². The fourth-order valence-electron chi connectivity index (χ4n) is 1.73. The lowest BCUT2D eigenvalue weighted by molar-refractivity contribution is 0.307. The smallest absolute Gasteiger partial charge is 0.229 e. The number of nitrogens with zero attached hydrogens (tertiary/aromatic N) is 4. The zero-order chi connectivity index (χ0) is 18.1. The highest BCUT2D eigenvalue weighted by molar-refractivity contribution is 6.32. The van der Waals surface area contributed by atoms with Crippen LogP contribution >= 0.6 is 11.6 Å². The van der Waals surface area contributed by atoms with Crippen LogP contribution in [0.25, 0.3) is 0 Å². The van der Waals surface area contributed by atoms with Crippen LogP contribution in [0.3, 0.4) is 0 Å². The number of pyridine rings is 1. The van der Waals surface area contributed by atoms with E-state index >= 15 is 0 Å². The number of aliphatic hydroxyl groups is 1. The molecule has 5 N–H and O–H groups in total. The van der Waals surface area contributed by atoms with Crippen molar-refractivity contribution in [3.63, 3.8) is 0 Å². The normalized spacial score (nSPS) is 11.7. The summed E-state index contributed by atoms with van der Waals surface area (Å²) in [5.41, 5.74) is 6.18. The van der Waals surface area contributed by atoms with Gasteiger partial charge in [-0.3, -0.25) is 9.98 Å². The zero-order valence-electron chi connectivity index (χ0n) is 13.2. The lowest BCUT2D eigenvalue weighted by atomic mass is 10.3. The molecule has 0 saturated carbocycles. The number of aliphatic hydroxyl groups excluding tert-OH is 1. The highest BCUT2D eigenvalue weighted by Crippen LogP contribution is 2.20. The molecule has 0 amide bonds. The van der Waals surface area contributed by atoms with Crippen molar-refractivity contribution in [1.29, 1.82) is 0 Å². The van der Waals surface area contributed by atoms with Crippen molar-refractivity contribution >= 4 is 29.6 Å². The predicted molar refractivity (Wildman–Crippen MR) is 94.9 cm³/mol. The molecule has 0 spiro atoms. The standard InChI is InChI=1S/C15H17ClFN7O/c16-11-8-22-15(23-10(6-18)7-19-4-5-25)24-14(11)21-9-13-12(17)2-1-3-20-13/h1-3,6-8,25H,4-5,9,18H2,(H2,21,22,23,24). The topological polar surface area (TPSA) is 121 Å². The second-order valence-corrected chi connectivity index (χ2v) is 5.09. The number of allylic oxidation sites excluding steroid dienone is 1. The summed E-state index contributed by atoms with van der Waals surface area (Å²) in [6.45, 7) is 0.299. The zero-order valence-corrected chi connectivity index (χ0v) is 13.9. The van der Waals surface area contributed by atoms with Crippen LogP contribution in [0.4, 0.5) is 16.2 Å². The number of hydrogen-bond donors (Lipinski definition) is 4. The molecular weight excluding hydrogens is 349 g/mol. The first kappa shape index (κ1) is 18.6. The van der Waals surface area contributed by atoms with Crippen molar-refractivity contribution in [3.8, 4) is 0 Å². The third kappa shape index (κ3) is 5.66. The molecule has 25 heavy (non-hydrogen) atoms. The van der Waals surface area contributed by atoms with Crippen LogP contribution in [-0.4, -0.2) is 39.4 Å². The molecule has 0 unspecified atom stereocenters. The fourth-order valence-corrected chi connectivity index (χ4v) is 1.89. The van der Waals surface area contributed by atoms with Crippen molar-refractivity contribution in [2.24, 2.45) is 10.7 Å². The van der Waals surface area contributed by atoms with Gasteiger partial charge >= 0.3 is 0 Å². The molecule has 0 aliphatic rings. The number of hydrogen-bond acceptors (Lipinski definition) is 8. The molecule has 2 aromatic heterocycles. The lowest BCUT2D eigenvalue weighted by Gasteiger charge is -2.10. The van der Waals surface area contributed by atoms with Gasteiger partial charge in [0.1, 0.15) is 10.8 Å². The molecule has 0 atom stereocenters. The first-order chi connectivity index (χ1) is 12.1. The Hall–Kier alpha value is -2.78. The van der Waals surface area contributed by atoms with Gasteiger partial charge in [-0.05, 0) is 12.1 Å². The quantitative estimate of drug-likeness (QED) is 0.523. The number of nitrogens with one attached hydrogen (secondary N) is 2. The van der Waals surface area contributed by atoms with Crippen molar-refractivity contribution < 1.29 is 9.50 Å². The third-order valence-corrected chi connectivity index (χ3v) is 3.17. The lowest BCUT2D eigenvalue weighted by Crippen LogP contribution is -2.10. The molecule has 0 aromatic carbocycles. The van der Waals surface area contributed by atoms with Crippen LogP contribution in [0, 0.1) is 5.82 Å². The predicted octanol–water partition coefficient (Wildman–Crippen LogP) is 1.55. The van der Waals surface area contributed by atoms with E-state index in [0.717, 1.165) is 0 Å². The summed E-state index contributed by atoms with van der Waals surface area (Å²) < 4.78 is 13.6. The van der Waals surface area contributed by atoms with E-state index < -0.39 is 5.82 Å². The largest absolute Gasteiger partial charge is 0.403 e. The van der Waals surface area contributed by atoms with E-state index in [2.05, 4.69) is 30.6 Å². The summed E-state index contributed by atoms with van der Waals surface area (Å²) in [6, 6.07) is 2.83. The summed E-state index contributed by atoms with van der Waals surface area (Å²) in [5, 5.41) is 14.8. The number of anilines is 2. The number of aromatic nitrogens is 3. The van der Waals surface area contributed by atoms with Gasteiger partial charge in [-0.15, -0.1) is 0 Å². The molecule has 2 rings (SSSR count). The summed E-state index contributed by atoms with van der Waals surface area (Å²) in [5.74, 6) is 0.111. The summed E-state index contributed by atoms with van der Waals surface area (Å²) in [4.78, 5) is 16.1. The van der Waals surface area contributed by atoms with Crippen molar-refractivity contribution in [1.82, 2.24) is 15.0 Å². The Morgan fingerprint density at radius 2 is 2.28 bits per heavy atom. The Bertz CT molecular complexity index is 769. The molecule has 2 aromatic rings. The summed E-state index contributed by atoms with van der Waals surface area (Å²) in [7, 11) is 0. The van der Waals surface area contributed by atoms with Gasteiger partial charge < -0.3 is 21.5 Å². The minimum atomic E-state index is -0.424. The molecule has 0 aliphatic carbocycles. The molecule has 2 heterocycles. The fraction of sp³-hybridized carbons (Fsp3) is 0.200. The Balaban J connectivity index is 2.08. The van der Waals surface area contributed by atoms with Crippen molar-refractivity contribution in [3.05, 3.63) is 53.0 Å². The Morgan fingerprint density at radius 1 is 1.44 bits per heavy atom. The van der Waals surface area contributed by atoms with E-state index in [1.54, 1.807) is 0 Å². The Kier molecular flexibility index (Phi) is 7.05. The van der Waals surface area contributed by atoms with E-state index in [-0.39, 0.29) is 36.4 Å². The maximum absolute atomic E-state index is 13.6. The molecule has 0 saturated heterocycles. The van der Waals surface area contributed by atoms with Gasteiger partial charge in [-0.2, -0.15) is 4.98 Å². The number of halogens is 2. The van der Waals surface area contributed by atoms with Gasteiger partial charge in [0.2, 0.25) is 5.95 Å². The summed E-state index contributed by atoms with van der Waals surface area (Å²) in [6.07, 6.45) is 5.63. The Morgan fingerprint density at radius 3 is 3.00 bits per heavy atom. The first-order valence-corrected chi connectivity index (χ1v) is 7.67. The second kappa shape index (κ2) is 9.50. The van der Waals surface area contributed by atoms with Gasteiger partial charge in [0, 0.05) is 18.6 Å². The van der Waals surface area contributed by atoms with Gasteiger partial charge in [0.25, 0.3) is 0 Å². The first-order valence-electron chi connectivity index (χ1n) is 7.29. The number of aliphatic imine (C=N–C) groups is 1. The molecule has 0 bridgehead atoms. The molecule has 0 radical (unpaired) electrons. The van der Waals surface area contributed by atoms with Gasteiger partial charge in [0.15, 0.2) is 5.82 Å². The van der Waals surface area contributed by atoms with Crippen molar-refractivity contribution in [2.45, 2.75) is 6.54 Å². The van der Waals surface area contributed by atoms with Crippen LogP contribution in [0.15, 0.2) is 41.4 Å². The van der Waals surface area contributed by atoms with Crippen LogP contribution in [0.5, 0.6) is 0 Å². The third-order valence-electron chi connectivity index (χ3n) is 2.90. The molecular formula is C15H17ClFN7O. The van der Waals surface area contributed by atoms with E-state index in [4.69, 9.17) is 22.4 Å². The second-order valence-electron chi connectivity index (χ2n) is 4.68. The van der Waals surface area contributed by atoms with Gasteiger partial charge in [-0.25, -0.2) is 9.37 Å². The number of nitrogens with two attached hydrogens (primary N) is 1. The Labute approximate surface area is 148 Å². The van der Waals surface area contributed by atoms with Crippen LogP contribution in [0.1, 0.15) is 5.69 Å². The van der Waals surface area contributed by atoms with E-state index in [0.29, 0.717) is 11.5 Å². The molecule has 10 heteroatoms.